The number of carbonyl (C=O) groups is 2. The van der Waals surface area contributed by atoms with Gasteiger partial charge < -0.3 is 14.2 Å². The van der Waals surface area contributed by atoms with Crippen LogP contribution in [-0.2, 0) is 27.2 Å². The number of carbonyl (C=O) groups excluding carboxylic acids is 2. The van der Waals surface area contributed by atoms with E-state index in [2.05, 4.69) is 0 Å². The first-order valence-electron chi connectivity index (χ1n) is 11.7. The second kappa shape index (κ2) is 10.2. The molecule has 0 aliphatic carbocycles. The number of rotatable bonds is 9. The molecule has 2 unspecified atom stereocenters. The summed E-state index contributed by atoms with van der Waals surface area (Å²) in [4.78, 5) is 27.1. The molecule has 8 heteroatoms. The third-order valence-corrected chi connectivity index (χ3v) is 7.08. The molecule has 0 N–H and O–H groups in total. The third-order valence-electron chi connectivity index (χ3n) is 6.27. The molecule has 1 heterocycles. The van der Waals surface area contributed by atoms with E-state index < -0.39 is 23.3 Å². The van der Waals surface area contributed by atoms with Gasteiger partial charge in [-0.25, -0.2) is 0 Å². The van der Waals surface area contributed by atoms with E-state index in [-0.39, 0.29) is 18.9 Å². The maximum atomic E-state index is 12.9. The summed E-state index contributed by atoms with van der Waals surface area (Å²) in [6.07, 6.45) is 0.232. The molecule has 1 aliphatic rings. The van der Waals surface area contributed by atoms with Gasteiger partial charge in [0.1, 0.15) is 0 Å². The largest absolute Gasteiger partial charge is 0.755 e. The van der Waals surface area contributed by atoms with Gasteiger partial charge >= 0.3 is 5.97 Å². The molecule has 0 spiro atoms. The van der Waals surface area contributed by atoms with Crippen LogP contribution in [0.4, 0.5) is 11.4 Å². The first kappa shape index (κ1) is 24.9. The molecule has 0 saturated heterocycles. The van der Waals surface area contributed by atoms with Crippen molar-refractivity contribution < 1.29 is 23.1 Å². The average Bonchev–Trinajstić information content (AvgIpc) is 3.07. The van der Waals surface area contributed by atoms with Gasteiger partial charge in [-0.15, -0.1) is 0 Å². The SMILES string of the molecule is CCOC(=O)CC(Cc1cc(C)cc(C)c1)N(c1ccc2c3c(cccc13)C(=O)N2CC)S(=O)[O-]. The summed E-state index contributed by atoms with van der Waals surface area (Å²) in [5.41, 5.74) is 4.81. The van der Waals surface area contributed by atoms with Gasteiger partial charge in [0.25, 0.3) is 5.91 Å². The number of amides is 1. The van der Waals surface area contributed by atoms with E-state index in [9.17, 15) is 18.4 Å². The van der Waals surface area contributed by atoms with E-state index in [0.29, 0.717) is 29.6 Å². The van der Waals surface area contributed by atoms with Crippen LogP contribution >= 0.6 is 0 Å². The van der Waals surface area contributed by atoms with Gasteiger partial charge in [0.05, 0.1) is 30.4 Å². The Labute approximate surface area is 208 Å². The quantitative estimate of drug-likeness (QED) is 0.321. The van der Waals surface area contributed by atoms with Crippen molar-refractivity contribution in [1.29, 1.82) is 0 Å². The van der Waals surface area contributed by atoms with Crippen molar-refractivity contribution in [2.45, 2.75) is 46.6 Å². The molecule has 3 aromatic rings. The fourth-order valence-electron chi connectivity index (χ4n) is 5.04. The Hall–Kier alpha value is -3.23. The van der Waals surface area contributed by atoms with Crippen LogP contribution in [0.5, 0.6) is 0 Å². The summed E-state index contributed by atoms with van der Waals surface area (Å²) in [5.74, 6) is -0.561. The van der Waals surface area contributed by atoms with Gasteiger partial charge in [-0.2, -0.15) is 0 Å². The first-order chi connectivity index (χ1) is 16.7. The van der Waals surface area contributed by atoms with Gasteiger partial charge in [-0.1, -0.05) is 41.5 Å². The lowest BCUT2D eigenvalue weighted by molar-refractivity contribution is -0.143. The Bertz CT molecular complexity index is 1300. The fraction of sp³-hybridized carbons (Fsp3) is 0.333. The highest BCUT2D eigenvalue weighted by molar-refractivity contribution is 7.80. The topological polar surface area (TPSA) is 90.0 Å². The van der Waals surface area contributed by atoms with Crippen LogP contribution in [0.1, 0.15) is 47.3 Å². The second-order valence-corrected chi connectivity index (χ2v) is 9.61. The Balaban J connectivity index is 1.85. The molecule has 0 aromatic heterocycles. The van der Waals surface area contributed by atoms with Crippen molar-refractivity contribution in [3.63, 3.8) is 0 Å². The highest BCUT2D eigenvalue weighted by Gasteiger charge is 2.32. The van der Waals surface area contributed by atoms with Gasteiger partial charge in [0.2, 0.25) is 0 Å². The maximum Gasteiger partial charge on any atom is 0.307 e. The van der Waals surface area contributed by atoms with Crippen molar-refractivity contribution in [3.8, 4) is 0 Å². The van der Waals surface area contributed by atoms with E-state index in [1.54, 1.807) is 36.1 Å². The zero-order valence-electron chi connectivity index (χ0n) is 20.4. The third kappa shape index (κ3) is 4.81. The lowest BCUT2D eigenvalue weighted by Crippen LogP contribution is -2.40. The maximum absolute atomic E-state index is 12.9. The summed E-state index contributed by atoms with van der Waals surface area (Å²) in [6, 6.07) is 14.2. The number of esters is 1. The summed E-state index contributed by atoms with van der Waals surface area (Å²) in [5, 5.41) is 1.39. The highest BCUT2D eigenvalue weighted by atomic mass is 32.2. The zero-order valence-corrected chi connectivity index (χ0v) is 21.2. The predicted octanol–water partition coefficient (Wildman–Crippen LogP) is 4.60. The monoisotopic (exact) mass is 493 g/mol. The summed E-state index contributed by atoms with van der Waals surface area (Å²) >= 11 is -2.68. The molecular formula is C27H29N2O5S-. The molecule has 1 amide bonds. The molecule has 0 bridgehead atoms. The normalized spacial score (nSPS) is 14.3. The molecule has 184 valence electrons. The number of benzene rings is 3. The Morgan fingerprint density at radius 2 is 1.83 bits per heavy atom. The molecular weight excluding hydrogens is 464 g/mol. The molecule has 0 saturated carbocycles. The van der Waals surface area contributed by atoms with E-state index >= 15 is 0 Å². The van der Waals surface area contributed by atoms with Gasteiger partial charge in [-0.3, -0.25) is 18.1 Å². The van der Waals surface area contributed by atoms with Crippen LogP contribution in [0.2, 0.25) is 0 Å². The Kier molecular flexibility index (Phi) is 7.23. The second-order valence-electron chi connectivity index (χ2n) is 8.79. The smallest absolute Gasteiger partial charge is 0.307 e. The van der Waals surface area contributed by atoms with Crippen LogP contribution in [0.15, 0.2) is 48.5 Å². The molecule has 2 atom stereocenters. The minimum absolute atomic E-state index is 0.0987. The van der Waals surface area contributed by atoms with Crippen molar-refractivity contribution in [1.82, 2.24) is 0 Å². The van der Waals surface area contributed by atoms with E-state index in [4.69, 9.17) is 4.74 Å². The van der Waals surface area contributed by atoms with E-state index in [1.807, 2.05) is 45.0 Å². The summed E-state index contributed by atoms with van der Waals surface area (Å²) < 4.78 is 31.9. The van der Waals surface area contributed by atoms with Crippen LogP contribution in [0, 0.1) is 13.8 Å². The van der Waals surface area contributed by atoms with Gasteiger partial charge in [0.15, 0.2) is 0 Å². The summed E-state index contributed by atoms with van der Waals surface area (Å²) in [7, 11) is 0. The predicted molar refractivity (Wildman–Crippen MR) is 137 cm³/mol. The van der Waals surface area contributed by atoms with Crippen LogP contribution in [-0.4, -0.2) is 39.8 Å². The molecule has 0 radical (unpaired) electrons. The zero-order chi connectivity index (χ0) is 25.3. The minimum atomic E-state index is -2.68. The van der Waals surface area contributed by atoms with Gasteiger partial charge in [0, 0.05) is 34.1 Å². The number of ether oxygens (including phenoxy) is 1. The van der Waals surface area contributed by atoms with Crippen LogP contribution in [0.25, 0.3) is 10.8 Å². The molecule has 35 heavy (non-hydrogen) atoms. The van der Waals surface area contributed by atoms with E-state index in [1.165, 1.54) is 4.31 Å². The van der Waals surface area contributed by atoms with Crippen molar-refractivity contribution >= 4 is 45.3 Å². The van der Waals surface area contributed by atoms with Crippen molar-refractivity contribution in [2.75, 3.05) is 22.4 Å². The Morgan fingerprint density at radius 1 is 1.11 bits per heavy atom. The molecule has 0 fully saturated rings. The number of aryl methyl sites for hydroxylation is 2. The Morgan fingerprint density at radius 3 is 2.46 bits per heavy atom. The molecule has 1 aliphatic heterocycles. The highest BCUT2D eigenvalue weighted by Crippen LogP contribution is 2.42. The standard InChI is InChI=1S/C27H30N2O5S/c1-5-28-24-11-10-23(21-8-7-9-22(26(21)24)27(28)31)29(35(32)33)20(16-25(30)34-6-2)15-19-13-17(3)12-18(4)14-19/h7-14,20H,5-6,15-16H2,1-4H3,(H,32,33)/p-1. The molecule has 7 nitrogen and oxygen atoms in total. The number of hydrogen-bond donors (Lipinski definition) is 0. The average molecular weight is 494 g/mol. The molecule has 4 rings (SSSR count). The van der Waals surface area contributed by atoms with Crippen molar-refractivity contribution in [2.24, 2.45) is 0 Å². The number of nitrogens with zero attached hydrogens (tertiary/aromatic N) is 2. The van der Waals surface area contributed by atoms with Crippen LogP contribution < -0.4 is 9.21 Å². The lowest BCUT2D eigenvalue weighted by atomic mass is 9.98. The van der Waals surface area contributed by atoms with E-state index in [0.717, 1.165) is 27.8 Å². The summed E-state index contributed by atoms with van der Waals surface area (Å²) in [6.45, 7) is 8.32. The number of hydrogen-bond acceptors (Lipinski definition) is 5. The van der Waals surface area contributed by atoms with Crippen molar-refractivity contribution in [3.05, 3.63) is 70.8 Å². The number of anilines is 2. The lowest BCUT2D eigenvalue weighted by Gasteiger charge is -2.35. The first-order valence-corrected chi connectivity index (χ1v) is 12.8. The molecule has 3 aromatic carbocycles. The van der Waals surface area contributed by atoms with Gasteiger partial charge in [-0.05, 0) is 57.9 Å². The fourth-order valence-corrected chi connectivity index (χ4v) is 5.76. The minimum Gasteiger partial charge on any atom is -0.755 e. The van der Waals surface area contributed by atoms with Crippen LogP contribution in [0.3, 0.4) is 0 Å².